The molecule has 2 aromatic carbocycles. The van der Waals surface area contributed by atoms with Gasteiger partial charge in [-0.05, 0) is 30.3 Å². The van der Waals surface area contributed by atoms with Crippen molar-refractivity contribution in [2.45, 2.75) is 6.61 Å². The Bertz CT molecular complexity index is 1220. The Kier molecular flexibility index (Phi) is 4.22. The molecule has 1 amide bonds. The minimum absolute atomic E-state index is 0.149. The van der Waals surface area contributed by atoms with Crippen LogP contribution in [-0.4, -0.2) is 21.0 Å². The molecule has 0 spiro atoms. The molecule has 0 unspecified atom stereocenters. The van der Waals surface area contributed by atoms with Crippen LogP contribution in [0.3, 0.4) is 0 Å². The van der Waals surface area contributed by atoms with E-state index >= 15 is 0 Å². The highest BCUT2D eigenvalue weighted by atomic mass is 32.1. The van der Waals surface area contributed by atoms with E-state index in [-0.39, 0.29) is 11.7 Å². The molecule has 29 heavy (non-hydrogen) atoms. The number of hydrogen-bond donors (Lipinski definition) is 2. The lowest BCUT2D eigenvalue weighted by Gasteiger charge is -2.16. The first-order valence-corrected chi connectivity index (χ1v) is 9.77. The molecule has 6 nitrogen and oxygen atoms in total. The smallest absolute Gasteiger partial charge is 0.265 e. The summed E-state index contributed by atoms with van der Waals surface area (Å²) in [5, 5.41) is 12.4. The Morgan fingerprint density at radius 1 is 1.07 bits per heavy atom. The quantitative estimate of drug-likeness (QED) is 0.519. The second-order valence-corrected chi connectivity index (χ2v) is 7.60. The molecule has 1 aliphatic rings. The van der Waals surface area contributed by atoms with Crippen LogP contribution in [-0.2, 0) is 6.61 Å². The van der Waals surface area contributed by atoms with E-state index in [0.717, 1.165) is 21.8 Å². The van der Waals surface area contributed by atoms with Crippen LogP contribution in [0.5, 0.6) is 11.5 Å². The number of aromatic hydroxyl groups is 1. The highest BCUT2D eigenvalue weighted by molar-refractivity contribution is 7.17. The molecule has 7 heteroatoms. The second kappa shape index (κ2) is 7.03. The molecule has 0 saturated carbocycles. The Morgan fingerprint density at radius 2 is 1.90 bits per heavy atom. The maximum Gasteiger partial charge on any atom is 0.265 e. The number of thiophene rings is 1. The largest absolute Gasteiger partial charge is 0.508 e. The number of rotatable bonds is 3. The summed E-state index contributed by atoms with van der Waals surface area (Å²) in [6.07, 6.45) is 3.10. The number of aromatic nitrogens is 2. The molecule has 0 aliphatic carbocycles. The molecule has 3 heterocycles. The second-order valence-electron chi connectivity index (χ2n) is 6.55. The van der Waals surface area contributed by atoms with Gasteiger partial charge in [0.25, 0.3) is 5.91 Å². The number of phenols is 1. The van der Waals surface area contributed by atoms with Gasteiger partial charge in [0.05, 0.1) is 23.0 Å². The maximum atomic E-state index is 12.7. The van der Waals surface area contributed by atoms with Crippen molar-refractivity contribution in [3.63, 3.8) is 0 Å². The van der Waals surface area contributed by atoms with Crippen molar-refractivity contribution >= 4 is 22.9 Å². The number of anilines is 1. The lowest BCUT2D eigenvalue weighted by molar-refractivity contribution is 0.103. The number of amides is 1. The summed E-state index contributed by atoms with van der Waals surface area (Å²) in [6, 6.07) is 16.4. The number of benzene rings is 2. The summed E-state index contributed by atoms with van der Waals surface area (Å²) in [5.41, 5.74) is 3.22. The van der Waals surface area contributed by atoms with Crippen molar-refractivity contribution in [1.82, 2.24) is 9.97 Å². The minimum atomic E-state index is -0.212. The van der Waals surface area contributed by atoms with Gasteiger partial charge in [-0.1, -0.05) is 24.3 Å². The third-order valence-electron chi connectivity index (χ3n) is 4.56. The molecular weight excluding hydrogens is 386 g/mol. The third kappa shape index (κ3) is 3.32. The molecule has 2 N–H and O–H groups in total. The maximum absolute atomic E-state index is 12.7. The van der Waals surface area contributed by atoms with Crippen molar-refractivity contribution in [2.24, 2.45) is 0 Å². The van der Waals surface area contributed by atoms with E-state index in [9.17, 15) is 9.90 Å². The lowest BCUT2D eigenvalue weighted by Crippen LogP contribution is -2.10. The fourth-order valence-electron chi connectivity index (χ4n) is 3.19. The molecule has 0 fully saturated rings. The van der Waals surface area contributed by atoms with E-state index in [1.54, 1.807) is 30.6 Å². The summed E-state index contributed by atoms with van der Waals surface area (Å²) in [7, 11) is 0. The van der Waals surface area contributed by atoms with E-state index < -0.39 is 0 Å². The first kappa shape index (κ1) is 17.4. The Morgan fingerprint density at radius 3 is 2.72 bits per heavy atom. The summed E-state index contributed by atoms with van der Waals surface area (Å²) < 4.78 is 5.76. The monoisotopic (exact) mass is 401 g/mol. The van der Waals surface area contributed by atoms with Crippen molar-refractivity contribution < 1.29 is 14.6 Å². The van der Waals surface area contributed by atoms with Crippen molar-refractivity contribution in [2.75, 3.05) is 5.32 Å². The fraction of sp³-hybridized carbons (Fsp3) is 0.0455. The van der Waals surface area contributed by atoms with Crippen LogP contribution < -0.4 is 10.1 Å². The third-order valence-corrected chi connectivity index (χ3v) is 5.77. The van der Waals surface area contributed by atoms with Crippen LogP contribution in [0.4, 0.5) is 5.69 Å². The summed E-state index contributed by atoms with van der Waals surface area (Å²) in [5.74, 6) is 1.25. The molecule has 0 saturated heterocycles. The Hall–Kier alpha value is -3.71. The van der Waals surface area contributed by atoms with Gasteiger partial charge in [0, 0.05) is 21.6 Å². The Labute approximate surface area is 170 Å². The number of para-hydroxylation sites is 1. The number of phenolic OH excluding ortho intramolecular Hbond substituents is 1. The summed E-state index contributed by atoms with van der Waals surface area (Å²) >= 11 is 1.45. The number of hydrogen-bond acceptors (Lipinski definition) is 6. The van der Waals surface area contributed by atoms with Gasteiger partial charge in [0.15, 0.2) is 5.82 Å². The van der Waals surface area contributed by atoms with Crippen LogP contribution in [0.1, 0.15) is 15.2 Å². The number of nitrogens with one attached hydrogen (secondary N) is 1. The van der Waals surface area contributed by atoms with Gasteiger partial charge in [-0.25, -0.2) is 9.97 Å². The van der Waals surface area contributed by atoms with Crippen molar-refractivity contribution in [1.29, 1.82) is 0 Å². The van der Waals surface area contributed by atoms with Crippen LogP contribution in [0.2, 0.25) is 0 Å². The van der Waals surface area contributed by atoms with Gasteiger partial charge in [-0.15, -0.1) is 11.3 Å². The fourth-order valence-corrected chi connectivity index (χ4v) is 4.28. The Balaban J connectivity index is 1.36. The highest BCUT2D eigenvalue weighted by Crippen LogP contribution is 2.42. The normalized spacial score (nSPS) is 11.9. The van der Waals surface area contributed by atoms with Crippen LogP contribution in [0.25, 0.3) is 21.8 Å². The minimum Gasteiger partial charge on any atom is -0.508 e. The van der Waals surface area contributed by atoms with Gasteiger partial charge in [0.1, 0.15) is 18.1 Å². The predicted molar refractivity (Wildman–Crippen MR) is 111 cm³/mol. The predicted octanol–water partition coefficient (Wildman–Crippen LogP) is 4.72. The van der Waals surface area contributed by atoms with Crippen LogP contribution in [0, 0.1) is 0 Å². The first-order chi connectivity index (χ1) is 14.2. The topological polar surface area (TPSA) is 84.3 Å². The highest BCUT2D eigenvalue weighted by Gasteiger charge is 2.22. The molecular formula is C22H15N3O3S. The molecule has 5 rings (SSSR count). The number of ether oxygens (including phenoxy) is 1. The van der Waals surface area contributed by atoms with Crippen LogP contribution >= 0.6 is 11.3 Å². The zero-order valence-electron chi connectivity index (χ0n) is 15.1. The molecule has 2 aromatic heterocycles. The number of nitrogens with zero attached hydrogens (tertiary/aromatic N) is 2. The summed E-state index contributed by atoms with van der Waals surface area (Å²) in [6.45, 7) is 0.456. The van der Waals surface area contributed by atoms with E-state index in [0.29, 0.717) is 28.6 Å². The van der Waals surface area contributed by atoms with E-state index in [1.807, 2.05) is 36.4 Å². The molecule has 1 aliphatic heterocycles. The van der Waals surface area contributed by atoms with Crippen molar-refractivity contribution in [3.05, 3.63) is 77.4 Å². The van der Waals surface area contributed by atoms with Gasteiger partial charge in [-0.3, -0.25) is 4.79 Å². The SMILES string of the molecule is O=C(Nc1cnc(-c2cccc(O)c2)nc1)c1cc2c(s1)-c1ccccc1OC2. The van der Waals surface area contributed by atoms with E-state index in [1.165, 1.54) is 11.3 Å². The summed E-state index contributed by atoms with van der Waals surface area (Å²) in [4.78, 5) is 22.9. The van der Waals surface area contributed by atoms with Gasteiger partial charge >= 0.3 is 0 Å². The first-order valence-electron chi connectivity index (χ1n) is 8.95. The average molecular weight is 401 g/mol. The van der Waals surface area contributed by atoms with E-state index in [2.05, 4.69) is 15.3 Å². The van der Waals surface area contributed by atoms with E-state index in [4.69, 9.17) is 4.74 Å². The van der Waals surface area contributed by atoms with Gasteiger partial charge < -0.3 is 15.2 Å². The molecule has 0 atom stereocenters. The average Bonchev–Trinajstić information content (AvgIpc) is 3.19. The number of carbonyl (C=O) groups is 1. The molecule has 0 bridgehead atoms. The molecule has 0 radical (unpaired) electrons. The standard InChI is InChI=1S/C22H15N3O3S/c26-16-5-3-4-13(8-16)21-23-10-15(11-24-21)25-22(27)19-9-14-12-28-18-7-2-1-6-17(18)20(14)29-19/h1-11,26H,12H2,(H,25,27). The van der Waals surface area contributed by atoms with Crippen LogP contribution in [0.15, 0.2) is 67.0 Å². The molecule has 4 aromatic rings. The molecule has 142 valence electrons. The van der Waals surface area contributed by atoms with Gasteiger partial charge in [-0.2, -0.15) is 0 Å². The van der Waals surface area contributed by atoms with Gasteiger partial charge in [0.2, 0.25) is 0 Å². The van der Waals surface area contributed by atoms with Crippen molar-refractivity contribution in [3.8, 4) is 33.3 Å². The number of carbonyl (C=O) groups excluding carboxylic acids is 1. The number of fused-ring (bicyclic) bond motifs is 3. The lowest BCUT2D eigenvalue weighted by atomic mass is 10.1. The zero-order valence-corrected chi connectivity index (χ0v) is 15.9. The zero-order chi connectivity index (χ0) is 19.8.